The predicted octanol–water partition coefficient (Wildman–Crippen LogP) is 3.60. The van der Waals surface area contributed by atoms with Crippen molar-refractivity contribution in [2.24, 2.45) is 0 Å². The molecule has 2 aromatic carbocycles. The van der Waals surface area contributed by atoms with Crippen LogP contribution in [0.25, 0.3) is 0 Å². The van der Waals surface area contributed by atoms with E-state index in [9.17, 15) is 14.4 Å². The molecule has 0 aliphatic carbocycles. The van der Waals surface area contributed by atoms with Gasteiger partial charge in [-0.05, 0) is 0 Å². The molecule has 132 valence electrons. The second-order valence-electron chi connectivity index (χ2n) is 5.04. The Morgan fingerprint density at radius 1 is 0.840 bits per heavy atom. The summed E-state index contributed by atoms with van der Waals surface area (Å²) in [6.07, 6.45) is 0. The Balaban J connectivity index is 2.39. The zero-order valence-corrected chi connectivity index (χ0v) is 16.2. The normalized spacial score (nSPS) is 10.6. The molecule has 0 heterocycles. The third-order valence-corrected chi connectivity index (χ3v) is 6.96. The van der Waals surface area contributed by atoms with E-state index in [1.54, 1.807) is 55.6 Å². The second-order valence-corrected chi connectivity index (χ2v) is 8.32. The van der Waals surface area contributed by atoms with Crippen molar-refractivity contribution in [1.29, 1.82) is 0 Å². The number of benzene rings is 2. The summed E-state index contributed by atoms with van der Waals surface area (Å²) in [6, 6.07) is 15.8. The summed E-state index contributed by atoms with van der Waals surface area (Å²) in [5.74, 6) is -1.27. The Labute approximate surface area is 154 Å². The predicted molar refractivity (Wildman–Crippen MR) is 102 cm³/mol. The number of carbonyl (C=O) groups excluding carboxylic acids is 3. The van der Waals surface area contributed by atoms with Crippen LogP contribution in [0.5, 0.6) is 0 Å². The number of hydrogen-bond donors (Lipinski definition) is 0. The van der Waals surface area contributed by atoms with Crippen LogP contribution in [0.15, 0.2) is 54.6 Å². The number of halogens is 1. The summed E-state index contributed by atoms with van der Waals surface area (Å²) < 4.78 is 11.1. The van der Waals surface area contributed by atoms with Crippen molar-refractivity contribution >= 4 is 44.2 Å². The van der Waals surface area contributed by atoms with Gasteiger partial charge in [-0.2, -0.15) is 0 Å². The summed E-state index contributed by atoms with van der Waals surface area (Å²) in [7, 11) is 1.63. The first-order chi connectivity index (χ1) is 11.9. The second kappa shape index (κ2) is 8.61. The van der Waals surface area contributed by atoms with Gasteiger partial charge in [0.05, 0.1) is 0 Å². The van der Waals surface area contributed by atoms with Gasteiger partial charge >= 0.3 is 154 Å². The van der Waals surface area contributed by atoms with E-state index in [2.05, 4.69) is 0 Å². The van der Waals surface area contributed by atoms with E-state index in [0.717, 1.165) is 0 Å². The van der Waals surface area contributed by atoms with Gasteiger partial charge in [-0.3, -0.25) is 0 Å². The molecule has 1 amide bonds. The van der Waals surface area contributed by atoms with E-state index in [0.29, 0.717) is 14.8 Å². The van der Waals surface area contributed by atoms with E-state index < -0.39 is 32.6 Å². The fourth-order valence-corrected chi connectivity index (χ4v) is 5.22. The van der Waals surface area contributed by atoms with Crippen molar-refractivity contribution in [3.05, 3.63) is 63.7 Å². The maximum absolute atomic E-state index is 12.7. The number of hydrogen-bond acceptors (Lipinski definition) is 5. The van der Waals surface area contributed by atoms with Crippen LogP contribution in [0.4, 0.5) is 5.69 Å². The van der Waals surface area contributed by atoms with Crippen molar-refractivity contribution in [3.63, 3.8) is 0 Å². The summed E-state index contributed by atoms with van der Waals surface area (Å²) in [6.45, 7) is 2.52. The molecule has 0 spiro atoms. The molecule has 25 heavy (non-hydrogen) atoms. The number of nitrogens with zero attached hydrogens (tertiary/aromatic N) is 1. The van der Waals surface area contributed by atoms with Crippen LogP contribution < -0.4 is 4.90 Å². The molecule has 0 bridgehead atoms. The van der Waals surface area contributed by atoms with Crippen LogP contribution in [0, 0.1) is 3.57 Å². The monoisotopic (exact) mass is 455 g/mol. The van der Waals surface area contributed by atoms with Crippen LogP contribution >= 0.6 is 20.6 Å². The van der Waals surface area contributed by atoms with Gasteiger partial charge < -0.3 is 0 Å². The molecule has 0 N–H and O–H groups in total. The number of carbonyl (C=O) groups is 3. The molecule has 0 unspecified atom stereocenters. The van der Waals surface area contributed by atoms with Crippen LogP contribution in [0.3, 0.4) is 0 Å². The Morgan fingerprint density at radius 2 is 1.36 bits per heavy atom. The average Bonchev–Trinajstić information content (AvgIpc) is 2.60. The fraction of sp³-hybridized carbons (Fsp3) is 0.167. The molecular formula is C18H18INO5. The van der Waals surface area contributed by atoms with Crippen LogP contribution in [-0.2, 0) is 15.7 Å². The van der Waals surface area contributed by atoms with E-state index in [1.165, 1.54) is 18.7 Å². The first kappa shape index (κ1) is 18.9. The van der Waals surface area contributed by atoms with Crippen LogP contribution in [0.1, 0.15) is 24.2 Å². The van der Waals surface area contributed by atoms with E-state index >= 15 is 0 Å². The zero-order chi connectivity index (χ0) is 18.4. The van der Waals surface area contributed by atoms with Gasteiger partial charge in [0.2, 0.25) is 0 Å². The van der Waals surface area contributed by atoms with E-state index in [1.807, 2.05) is 6.07 Å². The first-order valence-electron chi connectivity index (χ1n) is 7.40. The molecule has 6 nitrogen and oxygen atoms in total. The minimum atomic E-state index is -3.04. The molecule has 0 aliphatic heterocycles. The van der Waals surface area contributed by atoms with E-state index in [4.69, 9.17) is 6.13 Å². The van der Waals surface area contributed by atoms with Crippen molar-refractivity contribution in [3.8, 4) is 0 Å². The van der Waals surface area contributed by atoms with Gasteiger partial charge in [0.15, 0.2) is 0 Å². The summed E-state index contributed by atoms with van der Waals surface area (Å²) in [5.41, 5.74) is 1.07. The van der Waals surface area contributed by atoms with Gasteiger partial charge in [0, 0.05) is 0 Å². The Morgan fingerprint density at radius 3 is 1.92 bits per heavy atom. The number of amides is 1. The van der Waals surface area contributed by atoms with Gasteiger partial charge in [0.25, 0.3) is 0 Å². The topological polar surface area (TPSA) is 72.9 Å². The Bertz CT molecular complexity index is 762. The molecule has 0 radical (unpaired) electrons. The van der Waals surface area contributed by atoms with Gasteiger partial charge in [0.1, 0.15) is 0 Å². The summed E-state index contributed by atoms with van der Waals surface area (Å²) in [4.78, 5) is 36.9. The number of rotatable bonds is 5. The van der Waals surface area contributed by atoms with Crippen LogP contribution in [0.2, 0.25) is 0 Å². The SMILES string of the molecule is CC(=O)OI(OC(C)=O)c1ccccc1N(C)C(=O)c1ccccc1. The molecule has 7 heteroatoms. The standard InChI is InChI=1S/C18H18INO5/c1-13(21)24-19(25-14(2)22)16-11-7-8-12-17(16)20(3)18(23)15-9-5-4-6-10-15/h4-12H,1-3H3. The molecule has 2 aromatic rings. The van der Waals surface area contributed by atoms with E-state index in [-0.39, 0.29) is 5.91 Å². The number of para-hydroxylation sites is 1. The van der Waals surface area contributed by atoms with Crippen molar-refractivity contribution in [2.75, 3.05) is 11.9 Å². The zero-order valence-electron chi connectivity index (χ0n) is 14.1. The van der Waals surface area contributed by atoms with Crippen molar-refractivity contribution in [1.82, 2.24) is 0 Å². The van der Waals surface area contributed by atoms with Crippen LogP contribution in [-0.4, -0.2) is 24.9 Å². The molecule has 0 saturated carbocycles. The molecule has 0 saturated heterocycles. The quantitative estimate of drug-likeness (QED) is 0.645. The molecular weight excluding hydrogens is 437 g/mol. The first-order valence-corrected chi connectivity index (χ1v) is 10.2. The van der Waals surface area contributed by atoms with Gasteiger partial charge in [-0.15, -0.1) is 0 Å². The Kier molecular flexibility index (Phi) is 6.51. The van der Waals surface area contributed by atoms with Crippen molar-refractivity contribution < 1.29 is 20.5 Å². The molecule has 0 aliphatic rings. The third-order valence-electron chi connectivity index (χ3n) is 3.06. The molecule has 0 fully saturated rings. The molecule has 0 aromatic heterocycles. The maximum atomic E-state index is 12.7. The van der Waals surface area contributed by atoms with Gasteiger partial charge in [-0.25, -0.2) is 0 Å². The third kappa shape index (κ3) is 5.02. The Hall–Kier alpha value is -2.42. The number of anilines is 1. The summed E-state index contributed by atoms with van der Waals surface area (Å²) in [5, 5.41) is 0. The molecule has 0 atom stereocenters. The summed E-state index contributed by atoms with van der Waals surface area (Å²) >= 11 is -3.04. The minimum absolute atomic E-state index is 0.213. The average molecular weight is 455 g/mol. The van der Waals surface area contributed by atoms with Crippen molar-refractivity contribution in [2.45, 2.75) is 13.8 Å². The fourth-order valence-electron chi connectivity index (χ4n) is 2.03. The molecule has 2 rings (SSSR count). The van der Waals surface area contributed by atoms with Gasteiger partial charge in [-0.1, -0.05) is 0 Å².